The summed E-state index contributed by atoms with van der Waals surface area (Å²) in [4.78, 5) is 127. The van der Waals surface area contributed by atoms with Gasteiger partial charge in [-0.25, -0.2) is 9.78 Å². The van der Waals surface area contributed by atoms with E-state index in [1.807, 2.05) is 6.26 Å². The number of hydrogen-bond acceptors (Lipinski definition) is 11. The number of benzene rings is 1. The van der Waals surface area contributed by atoms with E-state index in [0.29, 0.717) is 36.3 Å². The zero-order valence-electron chi connectivity index (χ0n) is 33.5. The maximum absolute atomic E-state index is 14.4. The second-order valence-electron chi connectivity index (χ2n) is 14.6. The van der Waals surface area contributed by atoms with Gasteiger partial charge < -0.3 is 51.6 Å². The first kappa shape index (κ1) is 46.7. The molecule has 3 heterocycles. The van der Waals surface area contributed by atoms with E-state index in [1.54, 1.807) is 30.3 Å². The van der Waals surface area contributed by atoms with Gasteiger partial charge in [0.25, 0.3) is 0 Å². The maximum Gasteiger partial charge on any atom is 0.326 e. The second kappa shape index (κ2) is 23.0. The lowest BCUT2D eigenvalue weighted by Gasteiger charge is -2.30. The van der Waals surface area contributed by atoms with Crippen LogP contribution in [0.1, 0.15) is 63.1 Å². The van der Waals surface area contributed by atoms with Crippen LogP contribution in [0.5, 0.6) is 0 Å². The highest BCUT2D eigenvalue weighted by Crippen LogP contribution is 2.21. The summed E-state index contributed by atoms with van der Waals surface area (Å²) in [5, 5.41) is 31.9. The third-order valence-electron chi connectivity index (χ3n) is 10.2. The van der Waals surface area contributed by atoms with Gasteiger partial charge in [0.15, 0.2) is 0 Å². The molecule has 2 aliphatic rings. The molecule has 0 aliphatic carbocycles. The molecular weight excluding hydrogens is 803 g/mol. The predicted octanol–water partition coefficient (Wildman–Crippen LogP) is -1.05. The Morgan fingerprint density at radius 2 is 1.42 bits per heavy atom. The van der Waals surface area contributed by atoms with Crippen molar-refractivity contribution in [2.75, 3.05) is 31.6 Å². The zero-order chi connectivity index (χ0) is 43.8. The van der Waals surface area contributed by atoms with Crippen LogP contribution in [0.15, 0.2) is 42.9 Å². The molecule has 6 atom stereocenters. The number of hydrogen-bond donors (Lipinski definition) is 8. The molecule has 2 aromatic rings. The first-order chi connectivity index (χ1) is 28.7. The van der Waals surface area contributed by atoms with Gasteiger partial charge in [-0.1, -0.05) is 30.3 Å². The van der Waals surface area contributed by atoms with Crippen molar-refractivity contribution in [1.29, 1.82) is 0 Å². The standard InChI is InChI=1S/C39H53N9O11S/c1-23(49)43-27(14-17-60-2)35(54)44-26(12-13-33(51)52)34(53)45-28(19-25-20-40-22-42-25)36(55)46-29(18-24-8-4-3-5-9-24)38(57)48-16-6-10-30(48)37(56)41-21-32(50)47-15-7-11-31(47)39(58)59/h3-5,8-9,20,22,26-31H,6-7,10-19,21H2,1-2H3,(H,40,42)(H,41,56)(H,43,49)(H,44,54)(H,45,53)(H,46,55)(H,51,52)(H,58,59)/t26-,27-,28-,29-,30-,31-/m0/s1. The van der Waals surface area contributed by atoms with Crippen LogP contribution in [-0.2, 0) is 56.0 Å². The summed E-state index contributed by atoms with van der Waals surface area (Å²) in [6, 6.07) is 1.71. The third-order valence-corrected chi connectivity index (χ3v) is 10.8. The van der Waals surface area contributed by atoms with Crippen molar-refractivity contribution < 1.29 is 53.4 Å². The van der Waals surface area contributed by atoms with Crippen molar-refractivity contribution in [2.45, 2.75) is 101 Å². The van der Waals surface area contributed by atoms with Crippen molar-refractivity contribution in [3.63, 3.8) is 0 Å². The fourth-order valence-corrected chi connectivity index (χ4v) is 7.66. The smallest absolute Gasteiger partial charge is 0.326 e. The third kappa shape index (κ3) is 13.8. The average molecular weight is 856 g/mol. The predicted molar refractivity (Wildman–Crippen MR) is 216 cm³/mol. The Morgan fingerprint density at radius 1 is 0.800 bits per heavy atom. The average Bonchev–Trinajstić information content (AvgIpc) is 4.02. The van der Waals surface area contributed by atoms with E-state index in [-0.39, 0.29) is 45.2 Å². The molecule has 2 fully saturated rings. The molecule has 0 saturated carbocycles. The number of aromatic amines is 1. The molecule has 0 bridgehead atoms. The van der Waals surface area contributed by atoms with Gasteiger partial charge in [-0.15, -0.1) is 0 Å². The summed E-state index contributed by atoms with van der Waals surface area (Å²) >= 11 is 1.43. The number of amides is 7. The fraction of sp³-hybridized carbons (Fsp3) is 0.538. The molecule has 0 unspecified atom stereocenters. The minimum Gasteiger partial charge on any atom is -0.481 e. The van der Waals surface area contributed by atoms with Gasteiger partial charge in [-0.3, -0.25) is 38.4 Å². The molecule has 60 heavy (non-hydrogen) atoms. The quantitative estimate of drug-likeness (QED) is 0.0703. The van der Waals surface area contributed by atoms with E-state index in [9.17, 15) is 53.4 Å². The lowest BCUT2D eigenvalue weighted by atomic mass is 10.0. The van der Waals surface area contributed by atoms with E-state index >= 15 is 0 Å². The molecule has 21 heteroatoms. The topological polar surface area (TPSA) is 289 Å². The van der Waals surface area contributed by atoms with Crippen molar-refractivity contribution in [3.05, 3.63) is 54.1 Å². The van der Waals surface area contributed by atoms with E-state index in [0.717, 1.165) is 0 Å². The molecular formula is C39H53N9O11S. The highest BCUT2D eigenvalue weighted by Gasteiger charge is 2.40. The molecule has 1 aromatic heterocycles. The molecule has 0 spiro atoms. The lowest BCUT2D eigenvalue weighted by molar-refractivity contribution is -0.148. The number of nitrogens with one attached hydrogen (secondary N) is 6. The molecule has 0 radical (unpaired) electrons. The highest BCUT2D eigenvalue weighted by atomic mass is 32.2. The van der Waals surface area contributed by atoms with Gasteiger partial charge in [-0.05, 0) is 56.1 Å². The first-order valence-electron chi connectivity index (χ1n) is 19.7. The zero-order valence-corrected chi connectivity index (χ0v) is 34.3. The van der Waals surface area contributed by atoms with Crippen molar-refractivity contribution in [1.82, 2.24) is 46.4 Å². The largest absolute Gasteiger partial charge is 0.481 e. The van der Waals surface area contributed by atoms with Gasteiger partial charge in [0.05, 0.1) is 12.9 Å². The van der Waals surface area contributed by atoms with Crippen molar-refractivity contribution >= 4 is 65.1 Å². The van der Waals surface area contributed by atoms with Crippen LogP contribution < -0.4 is 26.6 Å². The summed E-state index contributed by atoms with van der Waals surface area (Å²) < 4.78 is 0. The summed E-state index contributed by atoms with van der Waals surface area (Å²) in [5.74, 6) is -6.55. The molecule has 2 aliphatic heterocycles. The molecule has 4 rings (SSSR count). The Morgan fingerprint density at radius 3 is 2.03 bits per heavy atom. The molecule has 20 nitrogen and oxygen atoms in total. The van der Waals surface area contributed by atoms with Crippen LogP contribution in [0, 0.1) is 0 Å². The lowest BCUT2D eigenvalue weighted by Crippen LogP contribution is -2.60. The van der Waals surface area contributed by atoms with Crippen LogP contribution in [0.4, 0.5) is 0 Å². The Kier molecular flexibility index (Phi) is 17.9. The van der Waals surface area contributed by atoms with E-state index in [2.05, 4.69) is 36.6 Å². The number of carbonyl (C=O) groups excluding carboxylic acids is 7. The number of carboxylic acids is 2. The number of rotatable bonds is 22. The fourth-order valence-electron chi connectivity index (χ4n) is 7.19. The first-order valence-corrected chi connectivity index (χ1v) is 21.1. The summed E-state index contributed by atoms with van der Waals surface area (Å²) in [6.07, 6.45) is 5.33. The minimum atomic E-state index is -1.44. The maximum atomic E-state index is 14.4. The van der Waals surface area contributed by atoms with Crippen LogP contribution in [0.3, 0.4) is 0 Å². The summed E-state index contributed by atoms with van der Waals surface area (Å²) in [5.41, 5.74) is 1.09. The highest BCUT2D eigenvalue weighted by molar-refractivity contribution is 7.98. The van der Waals surface area contributed by atoms with Crippen LogP contribution in [-0.4, -0.2) is 151 Å². The normalized spacial score (nSPS) is 18.0. The van der Waals surface area contributed by atoms with Gasteiger partial charge in [0.1, 0.15) is 36.3 Å². The number of thioether (sulfide) groups is 1. The summed E-state index contributed by atoms with van der Waals surface area (Å²) in [7, 11) is 0. The Labute approximate surface area is 350 Å². The number of carbonyl (C=O) groups is 9. The second-order valence-corrected chi connectivity index (χ2v) is 15.6. The van der Waals surface area contributed by atoms with Crippen molar-refractivity contribution in [2.24, 2.45) is 0 Å². The number of imidazole rings is 1. The van der Waals surface area contributed by atoms with Gasteiger partial charge >= 0.3 is 11.9 Å². The van der Waals surface area contributed by atoms with Gasteiger partial charge in [0, 0.05) is 51.2 Å². The number of H-pyrrole nitrogens is 1. The molecule has 2 saturated heterocycles. The number of nitrogens with zero attached hydrogens (tertiary/aromatic N) is 3. The molecule has 1 aromatic carbocycles. The molecule has 326 valence electrons. The van der Waals surface area contributed by atoms with Crippen LogP contribution in [0.25, 0.3) is 0 Å². The Balaban J connectivity index is 1.54. The van der Waals surface area contributed by atoms with Crippen LogP contribution in [0.2, 0.25) is 0 Å². The Hall–Kier alpha value is -5.99. The van der Waals surface area contributed by atoms with E-state index < -0.39 is 103 Å². The Bertz CT molecular complexity index is 1850. The van der Waals surface area contributed by atoms with E-state index in [1.165, 1.54) is 41.0 Å². The monoisotopic (exact) mass is 855 g/mol. The van der Waals surface area contributed by atoms with Gasteiger partial charge in [0.2, 0.25) is 41.4 Å². The number of aliphatic carboxylic acids is 2. The molecule has 8 N–H and O–H groups in total. The number of carboxylic acid groups (broad SMARTS) is 2. The van der Waals surface area contributed by atoms with Gasteiger partial charge in [-0.2, -0.15) is 11.8 Å². The van der Waals surface area contributed by atoms with Crippen molar-refractivity contribution in [3.8, 4) is 0 Å². The number of aromatic nitrogens is 2. The van der Waals surface area contributed by atoms with E-state index in [4.69, 9.17) is 0 Å². The summed E-state index contributed by atoms with van der Waals surface area (Å²) in [6.45, 7) is 1.19. The number of likely N-dealkylation sites (tertiary alicyclic amines) is 2. The SMILES string of the molecule is CSCC[C@H](NC(C)=O)C(=O)N[C@@H](CCC(=O)O)C(=O)N[C@@H](Cc1cnc[nH]1)C(=O)N[C@@H](Cc1ccccc1)C(=O)N1CCC[C@H]1C(=O)NCC(=O)N1CCC[C@H]1C(=O)O. The van der Waals surface area contributed by atoms with Crippen LogP contribution >= 0.6 is 11.8 Å². The molecule has 7 amide bonds. The minimum absolute atomic E-state index is 0.0110.